The summed E-state index contributed by atoms with van der Waals surface area (Å²) in [7, 11) is 2.28. The lowest BCUT2D eigenvalue weighted by atomic mass is 9.86. The first-order valence-corrected chi connectivity index (χ1v) is 6.96. The molecule has 2 nitrogen and oxygen atoms in total. The molecule has 0 radical (unpaired) electrons. The van der Waals surface area contributed by atoms with Crippen molar-refractivity contribution < 1.29 is 0 Å². The molecule has 1 saturated carbocycles. The molecule has 1 aliphatic carbocycles. The van der Waals surface area contributed by atoms with Gasteiger partial charge in [-0.3, -0.25) is 4.90 Å². The fourth-order valence-corrected chi connectivity index (χ4v) is 2.97. The SMILES string of the molecule is CC(C)C(C)N(C)C1(CN)CCCCCC1. The Kier molecular flexibility index (Phi) is 5.26. The van der Waals surface area contributed by atoms with Crippen molar-refractivity contribution in [2.45, 2.75) is 70.9 Å². The summed E-state index contributed by atoms with van der Waals surface area (Å²) in [5.74, 6) is 0.705. The zero-order valence-electron chi connectivity index (χ0n) is 11.6. The number of rotatable bonds is 4. The molecule has 1 aliphatic rings. The third kappa shape index (κ3) is 2.98. The summed E-state index contributed by atoms with van der Waals surface area (Å²) >= 11 is 0. The molecular weight excluding hydrogens is 196 g/mol. The summed E-state index contributed by atoms with van der Waals surface area (Å²) in [4.78, 5) is 2.57. The van der Waals surface area contributed by atoms with E-state index >= 15 is 0 Å². The number of nitrogens with zero attached hydrogens (tertiary/aromatic N) is 1. The van der Waals surface area contributed by atoms with E-state index in [9.17, 15) is 0 Å². The highest BCUT2D eigenvalue weighted by Gasteiger charge is 2.36. The van der Waals surface area contributed by atoms with E-state index in [-0.39, 0.29) is 5.54 Å². The zero-order valence-corrected chi connectivity index (χ0v) is 11.6. The van der Waals surface area contributed by atoms with Crippen LogP contribution in [0, 0.1) is 5.92 Å². The van der Waals surface area contributed by atoms with Crippen molar-refractivity contribution in [2.75, 3.05) is 13.6 Å². The molecule has 16 heavy (non-hydrogen) atoms. The van der Waals surface area contributed by atoms with Crippen molar-refractivity contribution >= 4 is 0 Å². The molecule has 0 spiro atoms. The van der Waals surface area contributed by atoms with Gasteiger partial charge >= 0.3 is 0 Å². The molecule has 0 saturated heterocycles. The van der Waals surface area contributed by atoms with Crippen molar-refractivity contribution in [3.05, 3.63) is 0 Å². The Balaban J connectivity index is 2.76. The second-order valence-electron chi connectivity index (χ2n) is 5.94. The van der Waals surface area contributed by atoms with Gasteiger partial charge in [-0.15, -0.1) is 0 Å². The summed E-state index contributed by atoms with van der Waals surface area (Å²) in [6.07, 6.45) is 8.07. The van der Waals surface area contributed by atoms with E-state index in [1.807, 2.05) is 0 Å². The monoisotopic (exact) mass is 226 g/mol. The van der Waals surface area contributed by atoms with E-state index in [0.29, 0.717) is 12.0 Å². The molecule has 2 N–H and O–H groups in total. The number of hydrogen-bond donors (Lipinski definition) is 1. The molecule has 2 heteroatoms. The van der Waals surface area contributed by atoms with Crippen LogP contribution in [0.2, 0.25) is 0 Å². The average molecular weight is 226 g/mol. The topological polar surface area (TPSA) is 29.3 Å². The van der Waals surface area contributed by atoms with Crippen LogP contribution in [0.25, 0.3) is 0 Å². The lowest BCUT2D eigenvalue weighted by molar-refractivity contribution is 0.0500. The van der Waals surface area contributed by atoms with Crippen LogP contribution in [0.1, 0.15) is 59.3 Å². The maximum absolute atomic E-state index is 6.10. The number of hydrogen-bond acceptors (Lipinski definition) is 2. The van der Waals surface area contributed by atoms with Crippen molar-refractivity contribution in [3.8, 4) is 0 Å². The first kappa shape index (κ1) is 14.0. The summed E-state index contributed by atoms with van der Waals surface area (Å²) in [6, 6.07) is 0.627. The maximum Gasteiger partial charge on any atom is 0.0331 e. The number of likely N-dealkylation sites (N-methyl/N-ethyl adjacent to an activating group) is 1. The molecule has 0 aromatic heterocycles. The molecule has 96 valence electrons. The normalized spacial score (nSPS) is 23.4. The minimum absolute atomic E-state index is 0.278. The summed E-state index contributed by atoms with van der Waals surface area (Å²) in [5, 5.41) is 0. The fourth-order valence-electron chi connectivity index (χ4n) is 2.97. The highest BCUT2D eigenvalue weighted by Crippen LogP contribution is 2.33. The van der Waals surface area contributed by atoms with Crippen LogP contribution in [0.4, 0.5) is 0 Å². The first-order valence-electron chi connectivity index (χ1n) is 6.96. The van der Waals surface area contributed by atoms with Gasteiger partial charge in [-0.05, 0) is 32.7 Å². The van der Waals surface area contributed by atoms with Crippen LogP contribution < -0.4 is 5.73 Å². The van der Waals surface area contributed by atoms with E-state index in [0.717, 1.165) is 6.54 Å². The summed E-state index contributed by atoms with van der Waals surface area (Å²) < 4.78 is 0. The van der Waals surface area contributed by atoms with E-state index in [2.05, 4.69) is 32.7 Å². The Morgan fingerprint density at radius 2 is 1.56 bits per heavy atom. The summed E-state index contributed by atoms with van der Waals surface area (Å²) in [6.45, 7) is 7.78. The molecule has 0 bridgehead atoms. The molecule has 0 heterocycles. The van der Waals surface area contributed by atoms with Crippen molar-refractivity contribution in [2.24, 2.45) is 11.7 Å². The van der Waals surface area contributed by atoms with Gasteiger partial charge in [0.25, 0.3) is 0 Å². The standard InChI is InChI=1S/C14H30N2/c1-12(2)13(3)16(4)14(11-15)9-7-5-6-8-10-14/h12-13H,5-11,15H2,1-4H3. The second kappa shape index (κ2) is 6.02. The van der Waals surface area contributed by atoms with Gasteiger partial charge in [0.1, 0.15) is 0 Å². The Labute approximate surface area is 102 Å². The molecule has 0 aromatic carbocycles. The van der Waals surface area contributed by atoms with Gasteiger partial charge in [0.15, 0.2) is 0 Å². The van der Waals surface area contributed by atoms with Crippen LogP contribution in [0.5, 0.6) is 0 Å². The molecule has 1 atom stereocenters. The molecular formula is C14H30N2. The van der Waals surface area contributed by atoms with Crippen molar-refractivity contribution in [1.82, 2.24) is 4.90 Å². The van der Waals surface area contributed by atoms with Gasteiger partial charge in [0, 0.05) is 18.1 Å². The Bertz CT molecular complexity index is 193. The predicted octanol–water partition coefficient (Wildman–Crippen LogP) is 3.01. The molecule has 0 aromatic rings. The lowest BCUT2D eigenvalue weighted by Crippen LogP contribution is -2.56. The number of nitrogens with two attached hydrogens (primary N) is 1. The molecule has 1 fully saturated rings. The smallest absolute Gasteiger partial charge is 0.0331 e. The maximum atomic E-state index is 6.10. The Morgan fingerprint density at radius 3 is 1.94 bits per heavy atom. The van der Waals surface area contributed by atoms with E-state index in [1.165, 1.54) is 38.5 Å². The molecule has 0 aliphatic heterocycles. The van der Waals surface area contributed by atoms with Crippen LogP contribution in [0.15, 0.2) is 0 Å². The first-order chi connectivity index (χ1) is 7.53. The van der Waals surface area contributed by atoms with Gasteiger partial charge < -0.3 is 5.73 Å². The molecule has 0 amide bonds. The fraction of sp³-hybridized carbons (Fsp3) is 1.00. The second-order valence-corrected chi connectivity index (χ2v) is 5.94. The minimum atomic E-state index is 0.278. The largest absolute Gasteiger partial charge is 0.329 e. The Hall–Kier alpha value is -0.0800. The van der Waals surface area contributed by atoms with Crippen molar-refractivity contribution in [3.63, 3.8) is 0 Å². The predicted molar refractivity (Wildman–Crippen MR) is 71.6 cm³/mol. The Morgan fingerprint density at radius 1 is 1.06 bits per heavy atom. The van der Waals surface area contributed by atoms with Gasteiger partial charge in [-0.2, -0.15) is 0 Å². The third-order valence-electron chi connectivity index (χ3n) is 4.74. The highest BCUT2D eigenvalue weighted by atomic mass is 15.2. The van der Waals surface area contributed by atoms with Crippen LogP contribution in [-0.2, 0) is 0 Å². The molecule has 1 unspecified atom stereocenters. The quantitative estimate of drug-likeness (QED) is 0.747. The van der Waals surface area contributed by atoms with Crippen molar-refractivity contribution in [1.29, 1.82) is 0 Å². The van der Waals surface area contributed by atoms with E-state index in [4.69, 9.17) is 5.73 Å². The average Bonchev–Trinajstić information content (AvgIpc) is 2.53. The highest BCUT2D eigenvalue weighted by molar-refractivity contribution is 4.94. The van der Waals surface area contributed by atoms with Crippen LogP contribution in [0.3, 0.4) is 0 Å². The van der Waals surface area contributed by atoms with Gasteiger partial charge in [0.05, 0.1) is 0 Å². The summed E-state index contributed by atoms with van der Waals surface area (Å²) in [5.41, 5.74) is 6.38. The van der Waals surface area contributed by atoms with Gasteiger partial charge in [0.2, 0.25) is 0 Å². The third-order valence-corrected chi connectivity index (χ3v) is 4.74. The van der Waals surface area contributed by atoms with Crippen LogP contribution >= 0.6 is 0 Å². The van der Waals surface area contributed by atoms with Gasteiger partial charge in [-0.25, -0.2) is 0 Å². The van der Waals surface area contributed by atoms with Crippen LogP contribution in [-0.4, -0.2) is 30.1 Å². The van der Waals surface area contributed by atoms with E-state index < -0.39 is 0 Å². The zero-order chi connectivity index (χ0) is 12.2. The lowest BCUT2D eigenvalue weighted by Gasteiger charge is -2.45. The van der Waals surface area contributed by atoms with Gasteiger partial charge in [-0.1, -0.05) is 39.5 Å². The van der Waals surface area contributed by atoms with E-state index in [1.54, 1.807) is 0 Å². The molecule has 1 rings (SSSR count). The minimum Gasteiger partial charge on any atom is -0.329 e.